The maximum atomic E-state index is 12.1. The predicted octanol–water partition coefficient (Wildman–Crippen LogP) is 1.58. The first kappa shape index (κ1) is 15.7. The molecule has 0 fully saturated rings. The molecular formula is C13H17N3O3S2. The van der Waals surface area contributed by atoms with Crippen LogP contribution in [0.2, 0.25) is 0 Å². The Balaban J connectivity index is 2.07. The molecule has 0 saturated carbocycles. The van der Waals surface area contributed by atoms with E-state index in [1.54, 1.807) is 31.1 Å². The molecule has 0 radical (unpaired) electrons. The number of thioether (sulfide) groups is 1. The summed E-state index contributed by atoms with van der Waals surface area (Å²) in [4.78, 5) is 1.56. The molecule has 0 aromatic heterocycles. The van der Waals surface area contributed by atoms with E-state index in [2.05, 4.69) is 4.40 Å². The fourth-order valence-corrected chi connectivity index (χ4v) is 4.20. The largest absolute Gasteiger partial charge is 0.449 e. The lowest BCUT2D eigenvalue weighted by atomic mass is 10.3. The van der Waals surface area contributed by atoms with Gasteiger partial charge in [-0.3, -0.25) is 0 Å². The van der Waals surface area contributed by atoms with E-state index in [1.807, 2.05) is 18.2 Å². The van der Waals surface area contributed by atoms with Crippen LogP contribution in [0.25, 0.3) is 0 Å². The summed E-state index contributed by atoms with van der Waals surface area (Å²) in [5, 5.41) is 0.426. The van der Waals surface area contributed by atoms with Crippen LogP contribution in [0.3, 0.4) is 0 Å². The van der Waals surface area contributed by atoms with Gasteiger partial charge in [-0.15, -0.1) is 0 Å². The average molecular weight is 327 g/mol. The second-order valence-corrected chi connectivity index (χ2v) is 7.96. The van der Waals surface area contributed by atoms with Crippen LogP contribution in [0.4, 0.5) is 0 Å². The molecule has 0 aliphatic carbocycles. The highest BCUT2D eigenvalue weighted by Crippen LogP contribution is 2.39. The van der Waals surface area contributed by atoms with Crippen LogP contribution in [0.5, 0.6) is 5.75 Å². The van der Waals surface area contributed by atoms with Gasteiger partial charge in [-0.05, 0) is 12.1 Å². The fraction of sp³-hybridized carbons (Fsp3) is 0.308. The van der Waals surface area contributed by atoms with E-state index in [0.29, 0.717) is 16.5 Å². The summed E-state index contributed by atoms with van der Waals surface area (Å²) >= 11 is 1.08. The van der Waals surface area contributed by atoms with E-state index in [9.17, 15) is 8.42 Å². The zero-order valence-corrected chi connectivity index (χ0v) is 13.4. The van der Waals surface area contributed by atoms with Gasteiger partial charge in [0.05, 0.1) is 5.70 Å². The van der Waals surface area contributed by atoms with E-state index in [0.717, 1.165) is 11.8 Å². The minimum atomic E-state index is -3.62. The number of para-hydroxylation sites is 1. The van der Waals surface area contributed by atoms with Crippen LogP contribution in [-0.2, 0) is 10.0 Å². The Morgan fingerprint density at radius 2 is 2.05 bits per heavy atom. The van der Waals surface area contributed by atoms with Crippen LogP contribution in [-0.4, -0.2) is 38.3 Å². The molecule has 114 valence electrons. The van der Waals surface area contributed by atoms with Crippen LogP contribution in [0, 0.1) is 0 Å². The lowest BCUT2D eigenvalue weighted by Crippen LogP contribution is -2.17. The molecule has 2 N–H and O–H groups in total. The Labute approximate surface area is 128 Å². The number of nitrogens with two attached hydrogens (primary N) is 1. The van der Waals surface area contributed by atoms with Crippen molar-refractivity contribution in [2.24, 2.45) is 10.1 Å². The van der Waals surface area contributed by atoms with Gasteiger partial charge in [-0.1, -0.05) is 30.0 Å². The molecule has 1 aromatic carbocycles. The maximum absolute atomic E-state index is 12.1. The quantitative estimate of drug-likeness (QED) is 0.653. The summed E-state index contributed by atoms with van der Waals surface area (Å²) in [5.74, 6) is 0.623. The van der Waals surface area contributed by atoms with Crippen molar-refractivity contribution in [1.82, 2.24) is 4.90 Å². The fourth-order valence-electron chi connectivity index (χ4n) is 1.58. The number of rotatable bonds is 5. The maximum Gasteiger partial charge on any atom is 0.267 e. The number of benzene rings is 1. The van der Waals surface area contributed by atoms with Crippen molar-refractivity contribution in [1.29, 1.82) is 0 Å². The number of nitrogens with zero attached hydrogens (tertiary/aromatic N) is 2. The molecule has 1 atom stereocenters. The number of hydrogen-bond acceptors (Lipinski definition) is 5. The van der Waals surface area contributed by atoms with Gasteiger partial charge in [-0.2, -0.15) is 4.40 Å². The van der Waals surface area contributed by atoms with Crippen LogP contribution in [0.1, 0.15) is 6.42 Å². The summed E-state index contributed by atoms with van der Waals surface area (Å²) < 4.78 is 32.7. The van der Waals surface area contributed by atoms with Crippen molar-refractivity contribution in [2.75, 3.05) is 14.1 Å². The van der Waals surface area contributed by atoms with E-state index in [1.165, 1.54) is 6.34 Å². The monoisotopic (exact) mass is 327 g/mol. The molecule has 0 saturated heterocycles. The number of sulfonamides is 1. The zero-order valence-electron chi connectivity index (χ0n) is 11.8. The van der Waals surface area contributed by atoms with E-state index >= 15 is 0 Å². The van der Waals surface area contributed by atoms with Crippen molar-refractivity contribution in [3.63, 3.8) is 0 Å². The predicted molar refractivity (Wildman–Crippen MR) is 85.4 cm³/mol. The molecule has 2 rings (SSSR count). The summed E-state index contributed by atoms with van der Waals surface area (Å²) in [6, 6.07) is 9.11. The summed E-state index contributed by atoms with van der Waals surface area (Å²) in [6.07, 6.45) is 1.47. The Bertz CT molecular complexity index is 654. The highest BCUT2D eigenvalue weighted by molar-refractivity contribution is 8.15. The van der Waals surface area contributed by atoms with Gasteiger partial charge >= 0.3 is 0 Å². The topological polar surface area (TPSA) is 85.0 Å². The molecule has 1 heterocycles. The second kappa shape index (κ2) is 6.40. The van der Waals surface area contributed by atoms with Gasteiger partial charge in [0.2, 0.25) is 0 Å². The lowest BCUT2D eigenvalue weighted by molar-refractivity contribution is 0.460. The molecule has 0 spiro atoms. The molecule has 1 aliphatic rings. The van der Waals surface area contributed by atoms with E-state index < -0.39 is 14.6 Å². The number of allylic oxidation sites excluding steroid dienone is 1. The Hall–Kier alpha value is -1.67. The van der Waals surface area contributed by atoms with Gasteiger partial charge < -0.3 is 15.4 Å². The third-order valence-corrected chi connectivity index (χ3v) is 5.82. The second-order valence-electron chi connectivity index (χ2n) is 4.68. The highest BCUT2D eigenvalue weighted by Gasteiger charge is 2.35. The van der Waals surface area contributed by atoms with Crippen molar-refractivity contribution in [3.05, 3.63) is 41.1 Å². The molecule has 8 heteroatoms. The first-order valence-electron chi connectivity index (χ1n) is 6.22. The van der Waals surface area contributed by atoms with Crippen molar-refractivity contribution in [2.45, 2.75) is 11.0 Å². The number of ether oxygens (including phenoxy) is 1. The summed E-state index contributed by atoms with van der Waals surface area (Å²) in [7, 11) is -0.213. The first-order valence-corrected chi connectivity index (χ1v) is 8.60. The molecule has 6 nitrogen and oxygen atoms in total. The van der Waals surface area contributed by atoms with Crippen molar-refractivity contribution in [3.8, 4) is 5.75 Å². The molecule has 1 aromatic rings. The zero-order chi connectivity index (χ0) is 15.5. The molecule has 21 heavy (non-hydrogen) atoms. The van der Waals surface area contributed by atoms with E-state index in [4.69, 9.17) is 10.5 Å². The van der Waals surface area contributed by atoms with Gasteiger partial charge in [-0.25, -0.2) is 8.42 Å². The first-order chi connectivity index (χ1) is 9.88. The van der Waals surface area contributed by atoms with Crippen molar-refractivity contribution >= 4 is 28.1 Å². The molecule has 1 aliphatic heterocycles. The Kier molecular flexibility index (Phi) is 4.79. The van der Waals surface area contributed by atoms with E-state index in [-0.39, 0.29) is 6.42 Å². The van der Waals surface area contributed by atoms with Gasteiger partial charge in [0, 0.05) is 20.5 Å². The smallest absolute Gasteiger partial charge is 0.267 e. The van der Waals surface area contributed by atoms with Crippen LogP contribution >= 0.6 is 11.8 Å². The molecule has 1 unspecified atom stereocenters. The third-order valence-electron chi connectivity index (χ3n) is 2.60. The lowest BCUT2D eigenvalue weighted by Gasteiger charge is -2.09. The Morgan fingerprint density at radius 3 is 2.67 bits per heavy atom. The molecule has 0 amide bonds. The number of hydrogen-bond donors (Lipinski definition) is 1. The average Bonchev–Trinajstić information content (AvgIpc) is 2.80. The summed E-state index contributed by atoms with van der Waals surface area (Å²) in [6.45, 7) is 0. The minimum Gasteiger partial charge on any atom is -0.449 e. The summed E-state index contributed by atoms with van der Waals surface area (Å²) in [5.41, 5.74) is 6.31. The minimum absolute atomic E-state index is 0.208. The molecular weight excluding hydrogens is 310 g/mol. The van der Waals surface area contributed by atoms with Crippen LogP contribution < -0.4 is 10.5 Å². The third kappa shape index (κ3) is 4.15. The SMILES string of the molecule is CN(C)C=NS(=O)(=O)C1CC(N)=C(Oc2ccccc2)S1. The van der Waals surface area contributed by atoms with Gasteiger partial charge in [0.25, 0.3) is 10.0 Å². The van der Waals surface area contributed by atoms with Crippen molar-refractivity contribution < 1.29 is 13.2 Å². The van der Waals surface area contributed by atoms with Gasteiger partial charge in [0.1, 0.15) is 16.7 Å². The highest BCUT2D eigenvalue weighted by atomic mass is 32.3. The normalized spacial score (nSPS) is 19.2. The van der Waals surface area contributed by atoms with Crippen LogP contribution in [0.15, 0.2) is 45.5 Å². The van der Waals surface area contributed by atoms with Gasteiger partial charge in [0.15, 0.2) is 5.09 Å². The Morgan fingerprint density at radius 1 is 1.38 bits per heavy atom. The standard InChI is InChI=1S/C13H17N3O3S2/c1-16(2)9-15-21(17,18)12-8-11(14)13(20-12)19-10-6-4-3-5-7-10/h3-7,9,12H,8,14H2,1-2H3. The molecule has 0 bridgehead atoms.